The summed E-state index contributed by atoms with van der Waals surface area (Å²) in [7, 11) is 1.94. The highest BCUT2D eigenvalue weighted by Crippen LogP contribution is 2.36. The molecule has 0 aromatic carbocycles. The molecule has 4 nitrogen and oxygen atoms in total. The number of hydrogen-bond donors (Lipinski definition) is 1. The number of carboxylic acids is 1. The lowest BCUT2D eigenvalue weighted by atomic mass is 9.99. The van der Waals surface area contributed by atoms with Gasteiger partial charge in [0, 0.05) is 0 Å². The van der Waals surface area contributed by atoms with E-state index in [9.17, 15) is 4.79 Å². The van der Waals surface area contributed by atoms with Gasteiger partial charge in [-0.15, -0.1) is 0 Å². The first-order valence-electron chi connectivity index (χ1n) is 5.09. The second kappa shape index (κ2) is 3.70. The van der Waals surface area contributed by atoms with Gasteiger partial charge in [0.1, 0.15) is 11.5 Å². The van der Waals surface area contributed by atoms with Gasteiger partial charge in [-0.25, -0.2) is 0 Å². The van der Waals surface area contributed by atoms with E-state index in [0.717, 1.165) is 18.1 Å². The molecular weight excluding hydrogens is 194 g/mol. The van der Waals surface area contributed by atoms with E-state index in [-0.39, 0.29) is 12.0 Å². The van der Waals surface area contributed by atoms with Gasteiger partial charge >= 0.3 is 5.97 Å². The Hall–Kier alpha value is -1.29. The molecule has 1 N–H and O–H groups in total. The SMILES string of the molecule is Cc1ccc(C2C(C(=O)O)CCN2C)o1. The van der Waals surface area contributed by atoms with Crippen LogP contribution in [0.25, 0.3) is 0 Å². The summed E-state index contributed by atoms with van der Waals surface area (Å²) in [5, 5.41) is 9.10. The van der Waals surface area contributed by atoms with Crippen molar-refractivity contribution in [3.63, 3.8) is 0 Å². The molecule has 4 heteroatoms. The van der Waals surface area contributed by atoms with Crippen LogP contribution in [0.1, 0.15) is 24.0 Å². The summed E-state index contributed by atoms with van der Waals surface area (Å²) in [4.78, 5) is 13.1. The second-order valence-corrected chi connectivity index (χ2v) is 4.11. The Labute approximate surface area is 88.5 Å². The van der Waals surface area contributed by atoms with Gasteiger partial charge in [-0.2, -0.15) is 0 Å². The minimum absolute atomic E-state index is 0.115. The van der Waals surface area contributed by atoms with E-state index in [2.05, 4.69) is 0 Å². The number of carboxylic acid groups (broad SMARTS) is 1. The fourth-order valence-corrected chi connectivity index (χ4v) is 2.23. The molecule has 2 rings (SSSR count). The normalized spacial score (nSPS) is 27.1. The Morgan fingerprint density at radius 3 is 2.87 bits per heavy atom. The highest BCUT2D eigenvalue weighted by atomic mass is 16.4. The fourth-order valence-electron chi connectivity index (χ4n) is 2.23. The van der Waals surface area contributed by atoms with Crippen LogP contribution < -0.4 is 0 Å². The molecule has 1 aromatic heterocycles. The van der Waals surface area contributed by atoms with Crippen LogP contribution in [0.5, 0.6) is 0 Å². The summed E-state index contributed by atoms with van der Waals surface area (Å²) in [5.74, 6) is 0.508. The first-order valence-corrected chi connectivity index (χ1v) is 5.09. The van der Waals surface area contributed by atoms with Crippen molar-refractivity contribution >= 4 is 5.97 Å². The van der Waals surface area contributed by atoms with Crippen LogP contribution in [0, 0.1) is 12.8 Å². The van der Waals surface area contributed by atoms with Gasteiger partial charge < -0.3 is 9.52 Å². The van der Waals surface area contributed by atoms with Gasteiger partial charge in [-0.05, 0) is 39.1 Å². The number of carbonyl (C=O) groups is 1. The summed E-state index contributed by atoms with van der Waals surface area (Å²) in [5.41, 5.74) is 0. The first-order chi connectivity index (χ1) is 7.09. The number of furan rings is 1. The fraction of sp³-hybridized carbons (Fsp3) is 0.545. The predicted molar refractivity (Wildman–Crippen MR) is 54.6 cm³/mol. The van der Waals surface area contributed by atoms with Crippen molar-refractivity contribution in [1.29, 1.82) is 0 Å². The molecule has 1 aromatic rings. The van der Waals surface area contributed by atoms with Crippen LogP contribution in [-0.2, 0) is 4.79 Å². The Balaban J connectivity index is 2.28. The minimum Gasteiger partial charge on any atom is -0.481 e. The predicted octanol–water partition coefficient (Wildman–Crippen LogP) is 1.67. The van der Waals surface area contributed by atoms with Crippen molar-refractivity contribution in [2.24, 2.45) is 5.92 Å². The van der Waals surface area contributed by atoms with Crippen LogP contribution in [-0.4, -0.2) is 29.6 Å². The summed E-state index contributed by atoms with van der Waals surface area (Å²) >= 11 is 0. The van der Waals surface area contributed by atoms with Crippen molar-refractivity contribution in [2.45, 2.75) is 19.4 Å². The molecule has 0 bridgehead atoms. The molecule has 0 amide bonds. The smallest absolute Gasteiger partial charge is 0.308 e. The zero-order valence-electron chi connectivity index (χ0n) is 8.93. The molecule has 2 atom stereocenters. The highest BCUT2D eigenvalue weighted by Gasteiger charge is 2.39. The van der Waals surface area contributed by atoms with Crippen LogP contribution in [0.15, 0.2) is 16.5 Å². The largest absolute Gasteiger partial charge is 0.481 e. The van der Waals surface area contributed by atoms with Gasteiger partial charge in [-0.1, -0.05) is 0 Å². The van der Waals surface area contributed by atoms with Gasteiger partial charge in [-0.3, -0.25) is 9.69 Å². The molecule has 82 valence electrons. The van der Waals surface area contributed by atoms with Crippen LogP contribution in [0.3, 0.4) is 0 Å². The molecule has 0 radical (unpaired) electrons. The number of likely N-dealkylation sites (tertiary alicyclic amines) is 1. The molecule has 1 aliphatic heterocycles. The van der Waals surface area contributed by atoms with Crippen molar-refractivity contribution < 1.29 is 14.3 Å². The maximum atomic E-state index is 11.1. The number of rotatable bonds is 2. The Kier molecular flexibility index (Phi) is 2.52. The zero-order chi connectivity index (χ0) is 11.0. The molecular formula is C11H15NO3. The van der Waals surface area contributed by atoms with Crippen molar-refractivity contribution in [3.05, 3.63) is 23.7 Å². The molecule has 2 unspecified atom stereocenters. The topological polar surface area (TPSA) is 53.7 Å². The molecule has 1 fully saturated rings. The maximum Gasteiger partial charge on any atom is 0.308 e. The Morgan fingerprint density at radius 2 is 2.33 bits per heavy atom. The van der Waals surface area contributed by atoms with Gasteiger partial charge in [0.25, 0.3) is 0 Å². The van der Waals surface area contributed by atoms with E-state index in [0.29, 0.717) is 6.42 Å². The highest BCUT2D eigenvalue weighted by molar-refractivity contribution is 5.71. The molecule has 0 saturated carbocycles. The first kappa shape index (κ1) is 10.2. The van der Waals surface area contributed by atoms with Gasteiger partial charge in [0.05, 0.1) is 12.0 Å². The number of aliphatic carboxylic acids is 1. The monoisotopic (exact) mass is 209 g/mol. The molecule has 1 aliphatic rings. The van der Waals surface area contributed by atoms with Gasteiger partial charge in [0.15, 0.2) is 0 Å². The number of aryl methyl sites for hydroxylation is 1. The standard InChI is InChI=1S/C11H15NO3/c1-7-3-4-9(15-7)10-8(11(13)14)5-6-12(10)2/h3-4,8,10H,5-6H2,1-2H3,(H,13,14). The van der Waals surface area contributed by atoms with E-state index in [1.54, 1.807) is 0 Å². The van der Waals surface area contributed by atoms with Gasteiger partial charge in [0.2, 0.25) is 0 Å². The van der Waals surface area contributed by atoms with Crippen LogP contribution >= 0.6 is 0 Å². The quantitative estimate of drug-likeness (QED) is 0.804. The lowest BCUT2D eigenvalue weighted by molar-refractivity contribution is -0.142. The maximum absolute atomic E-state index is 11.1. The minimum atomic E-state index is -0.738. The summed E-state index contributed by atoms with van der Waals surface area (Å²) in [6, 6.07) is 3.63. The third kappa shape index (κ3) is 1.77. The third-order valence-electron chi connectivity index (χ3n) is 3.02. The third-order valence-corrected chi connectivity index (χ3v) is 3.02. The average molecular weight is 209 g/mol. The van der Waals surface area contributed by atoms with E-state index in [1.807, 2.05) is 31.0 Å². The van der Waals surface area contributed by atoms with E-state index >= 15 is 0 Å². The molecule has 15 heavy (non-hydrogen) atoms. The zero-order valence-corrected chi connectivity index (χ0v) is 8.93. The molecule has 2 heterocycles. The van der Waals surface area contributed by atoms with E-state index < -0.39 is 5.97 Å². The lowest BCUT2D eigenvalue weighted by Crippen LogP contribution is -2.24. The van der Waals surface area contributed by atoms with Crippen LogP contribution in [0.2, 0.25) is 0 Å². The number of hydrogen-bond acceptors (Lipinski definition) is 3. The molecule has 0 aliphatic carbocycles. The second-order valence-electron chi connectivity index (χ2n) is 4.11. The number of nitrogens with zero attached hydrogens (tertiary/aromatic N) is 1. The van der Waals surface area contributed by atoms with Crippen molar-refractivity contribution in [1.82, 2.24) is 4.90 Å². The van der Waals surface area contributed by atoms with Crippen LogP contribution in [0.4, 0.5) is 0 Å². The summed E-state index contributed by atoms with van der Waals surface area (Å²) < 4.78 is 5.51. The Morgan fingerprint density at radius 1 is 1.60 bits per heavy atom. The lowest BCUT2D eigenvalue weighted by Gasteiger charge is -2.20. The van der Waals surface area contributed by atoms with E-state index in [4.69, 9.17) is 9.52 Å². The Bertz CT molecular complexity index is 372. The summed E-state index contributed by atoms with van der Waals surface area (Å²) in [6.07, 6.45) is 0.691. The molecule has 1 saturated heterocycles. The summed E-state index contributed by atoms with van der Waals surface area (Å²) in [6.45, 7) is 2.68. The molecule has 0 spiro atoms. The van der Waals surface area contributed by atoms with Crippen molar-refractivity contribution in [3.8, 4) is 0 Å². The average Bonchev–Trinajstić information content (AvgIpc) is 2.71. The van der Waals surface area contributed by atoms with E-state index in [1.165, 1.54) is 0 Å². The van der Waals surface area contributed by atoms with Crippen molar-refractivity contribution in [2.75, 3.05) is 13.6 Å².